The Morgan fingerprint density at radius 1 is 0.739 bits per heavy atom. The van der Waals surface area contributed by atoms with Crippen LogP contribution in [0.5, 0.6) is 5.75 Å². The van der Waals surface area contributed by atoms with E-state index in [1.807, 2.05) is 0 Å². The zero-order valence-electron chi connectivity index (χ0n) is 23.1. The topological polar surface area (TPSA) is 95.0 Å². The SMILES string of the molecule is O=C1C2CC=C3C(CC4(Cl)C(=O)N(c5c(F)c(F)c(F)c(F)c5F)C(=O)C4(Cl)C3c3cccc(O)c3)C2C(=O)N1c1ccccc1. The van der Waals surface area contributed by atoms with Gasteiger partial charge in [0.2, 0.25) is 17.6 Å². The number of carbonyl (C=O) groups is 4. The number of amides is 4. The van der Waals surface area contributed by atoms with Crippen LogP contribution in [0, 0.1) is 46.8 Å². The van der Waals surface area contributed by atoms with E-state index in [0.29, 0.717) is 5.69 Å². The summed E-state index contributed by atoms with van der Waals surface area (Å²) in [5.41, 5.74) is -1.17. The molecule has 2 heterocycles. The van der Waals surface area contributed by atoms with E-state index in [1.54, 1.807) is 36.4 Å². The van der Waals surface area contributed by atoms with Crippen molar-refractivity contribution >= 4 is 58.2 Å². The highest BCUT2D eigenvalue weighted by atomic mass is 35.5. The number of anilines is 2. The number of phenols is 1. The van der Waals surface area contributed by atoms with E-state index in [1.165, 1.54) is 24.3 Å². The number of rotatable bonds is 3. The van der Waals surface area contributed by atoms with Gasteiger partial charge in [-0.2, -0.15) is 0 Å². The summed E-state index contributed by atoms with van der Waals surface area (Å²) < 4.78 is 72.7. The minimum Gasteiger partial charge on any atom is -0.508 e. The monoisotopic (exact) mass is 676 g/mol. The second-order valence-corrected chi connectivity index (χ2v) is 12.9. The van der Waals surface area contributed by atoms with E-state index < -0.39 is 98.2 Å². The number of allylic oxidation sites excluding steroid dienone is 2. The fourth-order valence-corrected chi connectivity index (χ4v) is 8.41. The molecule has 2 saturated heterocycles. The maximum absolute atomic E-state index is 15.1. The van der Waals surface area contributed by atoms with E-state index >= 15 is 8.78 Å². The number of hydrogen-bond donors (Lipinski definition) is 1. The lowest BCUT2D eigenvalue weighted by Gasteiger charge is -2.50. The molecule has 4 amide bonds. The summed E-state index contributed by atoms with van der Waals surface area (Å²) in [5, 5.41) is 10.3. The van der Waals surface area contributed by atoms with Gasteiger partial charge in [-0.3, -0.25) is 24.1 Å². The molecule has 14 heteroatoms. The number of para-hydroxylation sites is 1. The van der Waals surface area contributed by atoms with Crippen molar-refractivity contribution in [3.63, 3.8) is 0 Å². The van der Waals surface area contributed by atoms with E-state index in [9.17, 15) is 37.5 Å². The fourth-order valence-electron chi connectivity index (χ4n) is 7.48. The number of aromatic hydroxyl groups is 1. The first-order valence-electron chi connectivity index (χ1n) is 14.0. The molecule has 7 nitrogen and oxygen atoms in total. The summed E-state index contributed by atoms with van der Waals surface area (Å²) >= 11 is 14.1. The molecule has 7 rings (SSSR count). The summed E-state index contributed by atoms with van der Waals surface area (Å²) in [6.45, 7) is 0. The van der Waals surface area contributed by atoms with Crippen molar-refractivity contribution in [3.05, 3.63) is 101 Å². The lowest BCUT2D eigenvalue weighted by atomic mass is 9.56. The third-order valence-electron chi connectivity index (χ3n) is 9.44. The van der Waals surface area contributed by atoms with Crippen LogP contribution in [-0.2, 0) is 19.2 Å². The Balaban J connectivity index is 1.43. The maximum atomic E-state index is 15.1. The lowest BCUT2D eigenvalue weighted by Crippen LogP contribution is -2.60. The van der Waals surface area contributed by atoms with Crippen molar-refractivity contribution in [2.75, 3.05) is 9.80 Å². The number of hydrogen-bond acceptors (Lipinski definition) is 5. The molecule has 0 radical (unpaired) electrons. The molecule has 0 bridgehead atoms. The van der Waals surface area contributed by atoms with Crippen molar-refractivity contribution in [2.45, 2.75) is 28.5 Å². The Kier molecular flexibility index (Phi) is 6.67. The molecule has 3 aromatic carbocycles. The van der Waals surface area contributed by atoms with Gasteiger partial charge in [0.05, 0.1) is 17.5 Å². The summed E-state index contributed by atoms with van der Waals surface area (Å²) in [4.78, 5) is 51.4. The van der Waals surface area contributed by atoms with Gasteiger partial charge in [-0.05, 0) is 48.6 Å². The Bertz CT molecular complexity index is 1910. The second kappa shape index (κ2) is 10.1. The number of benzene rings is 3. The molecule has 1 N–H and O–H groups in total. The summed E-state index contributed by atoms with van der Waals surface area (Å²) in [6, 6.07) is 13.4. The van der Waals surface area contributed by atoms with Gasteiger partial charge in [0.25, 0.3) is 11.8 Å². The molecule has 46 heavy (non-hydrogen) atoms. The van der Waals surface area contributed by atoms with Gasteiger partial charge < -0.3 is 5.11 Å². The molecule has 0 aromatic heterocycles. The molecule has 236 valence electrons. The first kappa shape index (κ1) is 30.4. The van der Waals surface area contributed by atoms with Crippen LogP contribution in [0.3, 0.4) is 0 Å². The van der Waals surface area contributed by atoms with Gasteiger partial charge in [-0.15, -0.1) is 23.2 Å². The number of halogens is 7. The highest BCUT2D eigenvalue weighted by Gasteiger charge is 2.77. The normalized spacial score (nSPS) is 30.4. The highest BCUT2D eigenvalue weighted by Crippen LogP contribution is 2.66. The Morgan fingerprint density at radius 3 is 2.00 bits per heavy atom. The van der Waals surface area contributed by atoms with Crippen LogP contribution in [0.4, 0.5) is 33.3 Å². The lowest BCUT2D eigenvalue weighted by molar-refractivity contribution is -0.125. The fraction of sp³-hybridized carbons (Fsp3) is 0.250. The van der Waals surface area contributed by atoms with Crippen LogP contribution >= 0.6 is 23.2 Å². The van der Waals surface area contributed by atoms with Crippen LogP contribution < -0.4 is 9.80 Å². The van der Waals surface area contributed by atoms with Crippen molar-refractivity contribution in [2.24, 2.45) is 17.8 Å². The van der Waals surface area contributed by atoms with E-state index in [0.717, 1.165) is 4.90 Å². The molecular weight excluding hydrogens is 658 g/mol. The average Bonchev–Trinajstić information content (AvgIpc) is 3.38. The summed E-state index contributed by atoms with van der Waals surface area (Å²) in [5.74, 6) is -21.4. The van der Waals surface area contributed by atoms with E-state index in [-0.39, 0.29) is 28.2 Å². The third-order valence-corrected chi connectivity index (χ3v) is 10.9. The molecule has 1 saturated carbocycles. The average molecular weight is 677 g/mol. The number of alkyl halides is 2. The van der Waals surface area contributed by atoms with Crippen molar-refractivity contribution in [1.29, 1.82) is 0 Å². The predicted molar refractivity (Wildman–Crippen MR) is 153 cm³/mol. The quantitative estimate of drug-likeness (QED) is 0.0938. The molecule has 0 spiro atoms. The van der Waals surface area contributed by atoms with Crippen molar-refractivity contribution < 1.29 is 46.2 Å². The molecule has 6 atom stereocenters. The molecule has 6 unspecified atom stereocenters. The van der Waals surface area contributed by atoms with Gasteiger partial charge in [-0.25, -0.2) is 26.9 Å². The van der Waals surface area contributed by atoms with Crippen LogP contribution in [-0.4, -0.2) is 38.5 Å². The van der Waals surface area contributed by atoms with Gasteiger partial charge in [-0.1, -0.05) is 42.0 Å². The highest BCUT2D eigenvalue weighted by molar-refractivity contribution is 6.58. The number of nitrogens with zero attached hydrogens (tertiary/aromatic N) is 2. The molecular formula is C32H19Cl2F5N2O5. The number of phenolic OH excluding ortho intramolecular Hbond substituents is 1. The van der Waals surface area contributed by atoms with Gasteiger partial charge in [0, 0.05) is 5.92 Å². The van der Waals surface area contributed by atoms with E-state index in [2.05, 4.69) is 0 Å². The van der Waals surface area contributed by atoms with Gasteiger partial charge >= 0.3 is 0 Å². The zero-order valence-corrected chi connectivity index (χ0v) is 24.6. The third kappa shape index (κ3) is 3.71. The standard InChI is InChI=1S/C32H19Cl2F5N2O5/c33-31-12-18-16(9-10-17-19(18)28(44)40(27(17)43)14-6-2-1-3-7-14)20(13-5-4-8-15(42)11-13)32(31,34)30(46)41(29(31)45)26-24(38)22(36)21(35)23(37)25(26)39/h1-9,11,17-20,42H,10,12H2. The molecule has 2 aliphatic carbocycles. The number of imide groups is 2. The van der Waals surface area contributed by atoms with Gasteiger partial charge in [0.1, 0.15) is 11.4 Å². The first-order chi connectivity index (χ1) is 21.8. The molecule has 3 fully saturated rings. The molecule has 2 aliphatic heterocycles. The summed E-state index contributed by atoms with van der Waals surface area (Å²) in [7, 11) is 0. The first-order valence-corrected chi connectivity index (χ1v) is 14.7. The van der Waals surface area contributed by atoms with Crippen molar-refractivity contribution in [3.8, 4) is 5.75 Å². The second-order valence-electron chi connectivity index (χ2n) is 11.6. The van der Waals surface area contributed by atoms with Crippen LogP contribution in [0.25, 0.3) is 0 Å². The molecule has 3 aromatic rings. The summed E-state index contributed by atoms with van der Waals surface area (Å²) in [6.07, 6.45) is 0.976. The maximum Gasteiger partial charge on any atom is 0.258 e. The largest absolute Gasteiger partial charge is 0.508 e. The Morgan fingerprint density at radius 2 is 1.37 bits per heavy atom. The van der Waals surface area contributed by atoms with Gasteiger partial charge in [0.15, 0.2) is 33.0 Å². The number of carbonyl (C=O) groups excluding carboxylic acids is 4. The van der Waals surface area contributed by atoms with Crippen LogP contribution in [0.2, 0.25) is 0 Å². The van der Waals surface area contributed by atoms with Crippen molar-refractivity contribution in [1.82, 2.24) is 0 Å². The predicted octanol–water partition coefficient (Wildman–Crippen LogP) is 5.86. The zero-order chi connectivity index (χ0) is 33.0. The minimum atomic E-state index is -2.65. The van der Waals surface area contributed by atoms with Crippen LogP contribution in [0.1, 0.15) is 24.3 Å². The Labute approximate surface area is 266 Å². The minimum absolute atomic E-state index is 0.00543. The number of fused-ring (bicyclic) bond motifs is 4. The smallest absolute Gasteiger partial charge is 0.258 e. The van der Waals surface area contributed by atoms with Crippen LogP contribution in [0.15, 0.2) is 66.2 Å². The molecule has 4 aliphatic rings. The Hall–Kier alpha value is -4.29. The van der Waals surface area contributed by atoms with E-state index in [4.69, 9.17) is 23.2 Å².